The van der Waals surface area contributed by atoms with Crippen LogP contribution in [0.25, 0.3) is 0 Å². The summed E-state index contributed by atoms with van der Waals surface area (Å²) < 4.78 is 27.6. The molecule has 0 aliphatic heterocycles. The Bertz CT molecular complexity index is 435. The number of hydrogen-bond acceptors (Lipinski definition) is 1. The van der Waals surface area contributed by atoms with Gasteiger partial charge in [0.2, 0.25) is 0 Å². The maximum absolute atomic E-state index is 13.9. The van der Waals surface area contributed by atoms with E-state index in [0.717, 1.165) is 31.6 Å². The Morgan fingerprint density at radius 3 is 2.32 bits per heavy atom. The smallest absolute Gasteiger partial charge is 0.152 e. The van der Waals surface area contributed by atoms with Crippen LogP contribution in [0.3, 0.4) is 0 Å². The van der Waals surface area contributed by atoms with Crippen LogP contribution in [0.5, 0.6) is 0 Å². The molecule has 0 unspecified atom stereocenters. The third-order valence-electron chi connectivity index (χ3n) is 4.35. The number of halogens is 2. The highest BCUT2D eigenvalue weighted by atomic mass is 19.1. The van der Waals surface area contributed by atoms with Crippen molar-refractivity contribution in [2.24, 2.45) is 11.8 Å². The molecule has 2 rings (SSSR count). The molecule has 0 amide bonds. The van der Waals surface area contributed by atoms with E-state index in [2.05, 4.69) is 19.2 Å². The van der Waals surface area contributed by atoms with Gasteiger partial charge >= 0.3 is 0 Å². The van der Waals surface area contributed by atoms with E-state index in [9.17, 15) is 8.78 Å². The topological polar surface area (TPSA) is 12.0 Å². The summed E-state index contributed by atoms with van der Waals surface area (Å²) in [6.07, 6.45) is 4.28. The second kappa shape index (κ2) is 5.89. The number of nitrogens with one attached hydrogen (secondary N) is 1. The van der Waals surface area contributed by atoms with E-state index in [4.69, 9.17) is 0 Å². The molecule has 0 spiro atoms. The molecule has 0 saturated heterocycles. The van der Waals surface area contributed by atoms with E-state index in [1.165, 1.54) is 12.1 Å². The lowest BCUT2D eigenvalue weighted by Gasteiger charge is -2.32. The van der Waals surface area contributed by atoms with Crippen LogP contribution in [-0.4, -0.2) is 6.04 Å². The van der Waals surface area contributed by atoms with E-state index in [1.807, 2.05) is 0 Å². The average Bonchev–Trinajstić information content (AvgIpc) is 2.40. The first kappa shape index (κ1) is 14.3. The fourth-order valence-corrected chi connectivity index (χ4v) is 2.92. The minimum atomic E-state index is -0.492. The predicted octanol–water partition coefficient (Wildman–Crippen LogP) is 4.90. The van der Waals surface area contributed by atoms with Crippen molar-refractivity contribution >= 4 is 5.69 Å². The zero-order chi connectivity index (χ0) is 14.0. The van der Waals surface area contributed by atoms with Gasteiger partial charge in [-0.3, -0.25) is 0 Å². The van der Waals surface area contributed by atoms with Crippen LogP contribution in [0.2, 0.25) is 0 Å². The molecular weight excluding hydrogens is 244 g/mol. The van der Waals surface area contributed by atoms with Gasteiger partial charge in [0.25, 0.3) is 0 Å². The third-order valence-corrected chi connectivity index (χ3v) is 4.35. The molecule has 1 aromatic rings. The van der Waals surface area contributed by atoms with Gasteiger partial charge < -0.3 is 5.32 Å². The second-order valence-corrected chi connectivity index (χ2v) is 6.05. The summed E-state index contributed by atoms with van der Waals surface area (Å²) in [5.41, 5.74) is 0.535. The fraction of sp³-hybridized carbons (Fsp3) is 0.625. The van der Waals surface area contributed by atoms with Crippen molar-refractivity contribution in [2.45, 2.75) is 52.5 Å². The molecule has 1 aliphatic carbocycles. The molecular formula is C16H23F2N. The van der Waals surface area contributed by atoms with Crippen LogP contribution < -0.4 is 5.32 Å². The van der Waals surface area contributed by atoms with Crippen molar-refractivity contribution < 1.29 is 8.78 Å². The minimum absolute atomic E-state index is 0.0491. The molecule has 0 heterocycles. The van der Waals surface area contributed by atoms with Gasteiger partial charge in [0.05, 0.1) is 0 Å². The molecule has 1 nitrogen and oxygen atoms in total. The van der Waals surface area contributed by atoms with Crippen LogP contribution in [0.15, 0.2) is 12.1 Å². The Balaban J connectivity index is 2.02. The Kier molecular flexibility index (Phi) is 4.43. The van der Waals surface area contributed by atoms with Crippen molar-refractivity contribution in [3.05, 3.63) is 29.3 Å². The standard InChI is InChI=1S/C16H23F2N/c1-10(2)12-5-7-13(8-6-12)19-16-14(17)9-4-11(3)15(16)18/h4,9-10,12-13,19H,5-8H2,1-3H3. The Labute approximate surface area is 114 Å². The van der Waals surface area contributed by atoms with E-state index in [1.54, 1.807) is 6.92 Å². The molecule has 1 aliphatic rings. The predicted molar refractivity (Wildman–Crippen MR) is 75.3 cm³/mol. The quantitative estimate of drug-likeness (QED) is 0.821. The summed E-state index contributed by atoms with van der Waals surface area (Å²) in [4.78, 5) is 0. The maximum Gasteiger partial charge on any atom is 0.152 e. The summed E-state index contributed by atoms with van der Waals surface area (Å²) in [5, 5.41) is 3.07. The lowest BCUT2D eigenvalue weighted by molar-refractivity contribution is 0.266. The zero-order valence-corrected chi connectivity index (χ0v) is 12.0. The fourth-order valence-electron chi connectivity index (χ4n) is 2.92. The van der Waals surface area contributed by atoms with Crippen molar-refractivity contribution in [3.8, 4) is 0 Å². The maximum atomic E-state index is 13.9. The van der Waals surface area contributed by atoms with Gasteiger partial charge in [-0.2, -0.15) is 0 Å². The summed E-state index contributed by atoms with van der Waals surface area (Å²) >= 11 is 0. The lowest BCUT2D eigenvalue weighted by Crippen LogP contribution is -2.28. The Hall–Kier alpha value is -1.12. The van der Waals surface area contributed by atoms with E-state index in [-0.39, 0.29) is 11.7 Å². The largest absolute Gasteiger partial charge is 0.378 e. The van der Waals surface area contributed by atoms with Crippen molar-refractivity contribution in [1.82, 2.24) is 0 Å². The highest BCUT2D eigenvalue weighted by Gasteiger charge is 2.24. The number of hydrogen-bond donors (Lipinski definition) is 1. The van der Waals surface area contributed by atoms with Crippen LogP contribution in [0.1, 0.15) is 45.1 Å². The van der Waals surface area contributed by atoms with Crippen LogP contribution in [0.4, 0.5) is 14.5 Å². The Morgan fingerprint density at radius 2 is 1.74 bits per heavy atom. The summed E-state index contributed by atoms with van der Waals surface area (Å²) in [7, 11) is 0. The molecule has 0 bridgehead atoms. The highest BCUT2D eigenvalue weighted by Crippen LogP contribution is 2.32. The SMILES string of the molecule is Cc1ccc(F)c(NC2CCC(C(C)C)CC2)c1F. The monoisotopic (exact) mass is 267 g/mol. The lowest BCUT2D eigenvalue weighted by atomic mass is 9.79. The molecule has 0 atom stereocenters. The van der Waals surface area contributed by atoms with E-state index < -0.39 is 11.6 Å². The number of rotatable bonds is 3. The summed E-state index contributed by atoms with van der Waals surface area (Å²) in [6.45, 7) is 6.16. The third kappa shape index (κ3) is 3.26. The molecule has 19 heavy (non-hydrogen) atoms. The first-order valence-corrected chi connectivity index (χ1v) is 7.20. The van der Waals surface area contributed by atoms with Crippen LogP contribution in [0, 0.1) is 30.4 Å². The van der Waals surface area contributed by atoms with E-state index in [0.29, 0.717) is 11.5 Å². The molecule has 3 heteroatoms. The van der Waals surface area contributed by atoms with Gasteiger partial charge in [-0.25, -0.2) is 8.78 Å². The van der Waals surface area contributed by atoms with Crippen LogP contribution in [-0.2, 0) is 0 Å². The van der Waals surface area contributed by atoms with Crippen molar-refractivity contribution in [1.29, 1.82) is 0 Å². The number of benzene rings is 1. The number of aryl methyl sites for hydroxylation is 1. The number of anilines is 1. The van der Waals surface area contributed by atoms with Gasteiger partial charge in [-0.05, 0) is 56.1 Å². The summed E-state index contributed by atoms with van der Waals surface area (Å²) in [6, 6.07) is 3.01. The molecule has 1 saturated carbocycles. The zero-order valence-electron chi connectivity index (χ0n) is 12.0. The van der Waals surface area contributed by atoms with Crippen molar-refractivity contribution in [2.75, 3.05) is 5.32 Å². The van der Waals surface area contributed by atoms with Gasteiger partial charge in [-0.1, -0.05) is 19.9 Å². The van der Waals surface area contributed by atoms with Gasteiger partial charge in [0.1, 0.15) is 11.5 Å². The molecule has 1 N–H and O–H groups in total. The van der Waals surface area contributed by atoms with E-state index >= 15 is 0 Å². The van der Waals surface area contributed by atoms with Crippen LogP contribution >= 0.6 is 0 Å². The normalized spacial score (nSPS) is 23.7. The summed E-state index contributed by atoms with van der Waals surface area (Å²) in [5.74, 6) is 0.513. The minimum Gasteiger partial charge on any atom is -0.378 e. The first-order chi connectivity index (χ1) is 8.99. The molecule has 106 valence electrons. The Morgan fingerprint density at radius 1 is 1.11 bits per heavy atom. The molecule has 0 radical (unpaired) electrons. The molecule has 0 aromatic heterocycles. The van der Waals surface area contributed by atoms with Gasteiger partial charge in [0, 0.05) is 6.04 Å². The van der Waals surface area contributed by atoms with Gasteiger partial charge in [0.15, 0.2) is 5.82 Å². The highest BCUT2D eigenvalue weighted by molar-refractivity contribution is 5.49. The van der Waals surface area contributed by atoms with Gasteiger partial charge in [-0.15, -0.1) is 0 Å². The first-order valence-electron chi connectivity index (χ1n) is 7.20. The molecule has 1 aromatic carbocycles. The molecule has 1 fully saturated rings. The second-order valence-electron chi connectivity index (χ2n) is 6.05. The average molecular weight is 267 g/mol. The van der Waals surface area contributed by atoms with Crippen molar-refractivity contribution in [3.63, 3.8) is 0 Å².